The monoisotopic (exact) mass is 250 g/mol. The van der Waals surface area contributed by atoms with E-state index in [1.165, 1.54) is 25.7 Å². The maximum Gasteiger partial charge on any atom is 0.162 e. The Bertz CT molecular complexity index is 403. The van der Waals surface area contributed by atoms with Gasteiger partial charge in [0.15, 0.2) is 11.5 Å². The van der Waals surface area contributed by atoms with Crippen LogP contribution in [-0.2, 0) is 0 Å². The Kier molecular flexibility index (Phi) is 4.18. The number of hydrogen-bond acceptors (Lipinski definition) is 4. The summed E-state index contributed by atoms with van der Waals surface area (Å²) in [5, 5.41) is 3.38. The van der Waals surface area contributed by atoms with Crippen molar-refractivity contribution >= 4 is 11.4 Å². The Balaban J connectivity index is 1.97. The van der Waals surface area contributed by atoms with Crippen molar-refractivity contribution in [2.45, 2.75) is 25.7 Å². The highest BCUT2D eigenvalue weighted by Crippen LogP contribution is 2.35. The minimum absolute atomic E-state index is 0.666. The van der Waals surface area contributed by atoms with Crippen LogP contribution in [0.5, 0.6) is 11.5 Å². The number of anilines is 2. The lowest BCUT2D eigenvalue weighted by atomic mass is 9.83. The van der Waals surface area contributed by atoms with Gasteiger partial charge in [-0.1, -0.05) is 19.3 Å². The quantitative estimate of drug-likeness (QED) is 0.762. The smallest absolute Gasteiger partial charge is 0.162 e. The third-order valence-electron chi connectivity index (χ3n) is 3.65. The minimum atomic E-state index is 0.666. The molecule has 0 aromatic heterocycles. The van der Waals surface area contributed by atoms with Crippen molar-refractivity contribution in [1.82, 2.24) is 0 Å². The summed E-state index contributed by atoms with van der Waals surface area (Å²) in [5.74, 6) is 2.27. The molecule has 1 aliphatic rings. The molecule has 0 bridgehead atoms. The number of benzene rings is 1. The first-order chi connectivity index (χ1) is 8.74. The average Bonchev–Trinajstić information content (AvgIpc) is 2.33. The van der Waals surface area contributed by atoms with Crippen LogP contribution in [0.15, 0.2) is 12.1 Å². The van der Waals surface area contributed by atoms with Crippen molar-refractivity contribution in [3.8, 4) is 11.5 Å². The van der Waals surface area contributed by atoms with E-state index in [9.17, 15) is 0 Å². The summed E-state index contributed by atoms with van der Waals surface area (Å²) >= 11 is 0. The number of nitrogens with one attached hydrogen (secondary N) is 1. The van der Waals surface area contributed by atoms with Gasteiger partial charge >= 0.3 is 0 Å². The predicted octanol–water partition coefficient (Wildman–Crippen LogP) is 2.89. The Morgan fingerprint density at radius 2 is 1.89 bits per heavy atom. The summed E-state index contributed by atoms with van der Waals surface area (Å²) in [4.78, 5) is 0. The SMILES string of the molecule is COc1cc(N)c(NCCC2CCC2)cc1OC. The van der Waals surface area contributed by atoms with Gasteiger partial charge in [0.05, 0.1) is 25.6 Å². The van der Waals surface area contributed by atoms with Crippen LogP contribution in [-0.4, -0.2) is 20.8 Å². The molecule has 0 spiro atoms. The second-order valence-electron chi connectivity index (χ2n) is 4.81. The summed E-state index contributed by atoms with van der Waals surface area (Å²) in [7, 11) is 3.24. The van der Waals surface area contributed by atoms with E-state index in [1.807, 2.05) is 6.07 Å². The van der Waals surface area contributed by atoms with Crippen molar-refractivity contribution in [1.29, 1.82) is 0 Å². The molecule has 0 radical (unpaired) electrons. The van der Waals surface area contributed by atoms with E-state index in [0.29, 0.717) is 17.2 Å². The molecule has 3 N–H and O–H groups in total. The normalized spacial score (nSPS) is 15.0. The first-order valence-electron chi connectivity index (χ1n) is 6.50. The molecule has 100 valence electrons. The van der Waals surface area contributed by atoms with Crippen LogP contribution in [0.25, 0.3) is 0 Å². The molecule has 0 saturated heterocycles. The van der Waals surface area contributed by atoms with Crippen LogP contribution in [0, 0.1) is 5.92 Å². The standard InChI is InChI=1S/C14H22N2O2/c1-17-13-8-11(15)12(9-14(13)18-2)16-7-6-10-4-3-5-10/h8-10,16H,3-7,15H2,1-2H3. The van der Waals surface area contributed by atoms with E-state index in [-0.39, 0.29) is 0 Å². The maximum atomic E-state index is 5.99. The molecule has 1 aromatic rings. The zero-order chi connectivity index (χ0) is 13.0. The highest BCUT2D eigenvalue weighted by atomic mass is 16.5. The third kappa shape index (κ3) is 2.81. The van der Waals surface area contributed by atoms with Crippen LogP contribution in [0.1, 0.15) is 25.7 Å². The molecule has 4 heteroatoms. The van der Waals surface area contributed by atoms with Gasteiger partial charge in [0, 0.05) is 18.7 Å². The molecule has 0 aliphatic heterocycles. The molecule has 4 nitrogen and oxygen atoms in total. The maximum absolute atomic E-state index is 5.99. The third-order valence-corrected chi connectivity index (χ3v) is 3.65. The summed E-state index contributed by atoms with van der Waals surface area (Å²) in [6.45, 7) is 0.963. The topological polar surface area (TPSA) is 56.5 Å². The van der Waals surface area contributed by atoms with Gasteiger partial charge in [-0.2, -0.15) is 0 Å². The average molecular weight is 250 g/mol. The van der Waals surface area contributed by atoms with Crippen LogP contribution < -0.4 is 20.5 Å². The highest BCUT2D eigenvalue weighted by molar-refractivity contribution is 5.72. The van der Waals surface area contributed by atoms with Crippen LogP contribution in [0.2, 0.25) is 0 Å². The van der Waals surface area contributed by atoms with Gasteiger partial charge in [0.2, 0.25) is 0 Å². The van der Waals surface area contributed by atoms with Crippen LogP contribution in [0.3, 0.4) is 0 Å². The van der Waals surface area contributed by atoms with Crippen molar-refractivity contribution < 1.29 is 9.47 Å². The van der Waals surface area contributed by atoms with Crippen LogP contribution >= 0.6 is 0 Å². The first-order valence-corrected chi connectivity index (χ1v) is 6.50. The van der Waals surface area contributed by atoms with Gasteiger partial charge in [0.1, 0.15) is 0 Å². The van der Waals surface area contributed by atoms with Crippen LogP contribution in [0.4, 0.5) is 11.4 Å². The molecule has 0 heterocycles. The summed E-state index contributed by atoms with van der Waals surface area (Å²) < 4.78 is 10.5. The molecule has 1 saturated carbocycles. The van der Waals surface area contributed by atoms with Gasteiger partial charge in [-0.25, -0.2) is 0 Å². The lowest BCUT2D eigenvalue weighted by molar-refractivity contribution is 0.303. The lowest BCUT2D eigenvalue weighted by Gasteiger charge is -2.25. The van der Waals surface area contributed by atoms with E-state index in [2.05, 4.69) is 5.32 Å². The molecule has 0 unspecified atom stereocenters. The van der Waals surface area contributed by atoms with E-state index in [0.717, 1.165) is 18.2 Å². The Labute approximate surface area is 108 Å². The summed E-state index contributed by atoms with van der Waals surface area (Å²) in [6, 6.07) is 3.69. The number of rotatable bonds is 6. The Morgan fingerprint density at radius 1 is 1.22 bits per heavy atom. The lowest BCUT2D eigenvalue weighted by Crippen LogP contribution is -2.16. The summed E-state index contributed by atoms with van der Waals surface area (Å²) in [6.07, 6.45) is 5.36. The molecular formula is C14H22N2O2. The second kappa shape index (κ2) is 5.85. The summed E-state index contributed by atoms with van der Waals surface area (Å²) in [5.41, 5.74) is 7.60. The van der Waals surface area contributed by atoms with Gasteiger partial charge in [0.25, 0.3) is 0 Å². The van der Waals surface area contributed by atoms with Crippen molar-refractivity contribution in [2.24, 2.45) is 5.92 Å². The van der Waals surface area contributed by atoms with E-state index < -0.39 is 0 Å². The van der Waals surface area contributed by atoms with Gasteiger partial charge in [-0.15, -0.1) is 0 Å². The highest BCUT2D eigenvalue weighted by Gasteiger charge is 2.16. The number of ether oxygens (including phenoxy) is 2. The molecule has 2 rings (SSSR count). The Hall–Kier alpha value is -1.58. The predicted molar refractivity (Wildman–Crippen MR) is 74.4 cm³/mol. The van der Waals surface area contributed by atoms with E-state index in [1.54, 1.807) is 20.3 Å². The fourth-order valence-electron chi connectivity index (χ4n) is 2.24. The van der Waals surface area contributed by atoms with Gasteiger partial charge in [-0.05, 0) is 12.3 Å². The molecule has 0 atom stereocenters. The zero-order valence-electron chi connectivity index (χ0n) is 11.2. The zero-order valence-corrected chi connectivity index (χ0v) is 11.2. The molecule has 18 heavy (non-hydrogen) atoms. The largest absolute Gasteiger partial charge is 0.493 e. The van der Waals surface area contributed by atoms with Gasteiger partial charge < -0.3 is 20.5 Å². The fourth-order valence-corrected chi connectivity index (χ4v) is 2.24. The molecule has 1 aliphatic carbocycles. The molecule has 1 fully saturated rings. The Morgan fingerprint density at radius 3 is 2.44 bits per heavy atom. The molecule has 1 aromatic carbocycles. The number of nitrogens with two attached hydrogens (primary N) is 1. The second-order valence-corrected chi connectivity index (χ2v) is 4.81. The minimum Gasteiger partial charge on any atom is -0.493 e. The van der Waals surface area contributed by atoms with E-state index in [4.69, 9.17) is 15.2 Å². The molecular weight excluding hydrogens is 228 g/mol. The number of nitrogen functional groups attached to an aromatic ring is 1. The van der Waals surface area contributed by atoms with Crippen molar-refractivity contribution in [3.05, 3.63) is 12.1 Å². The molecule has 0 amide bonds. The van der Waals surface area contributed by atoms with Gasteiger partial charge in [-0.3, -0.25) is 0 Å². The fraction of sp³-hybridized carbons (Fsp3) is 0.571. The van der Waals surface area contributed by atoms with Crippen molar-refractivity contribution in [3.63, 3.8) is 0 Å². The first kappa shape index (κ1) is 12.9. The van der Waals surface area contributed by atoms with Crippen molar-refractivity contribution in [2.75, 3.05) is 31.8 Å². The van der Waals surface area contributed by atoms with E-state index >= 15 is 0 Å². The number of hydrogen-bond donors (Lipinski definition) is 2. The number of methoxy groups -OCH3 is 2.